The van der Waals surface area contributed by atoms with E-state index in [0.29, 0.717) is 0 Å². The fourth-order valence-corrected chi connectivity index (χ4v) is 3.24. The Morgan fingerprint density at radius 3 is 2.90 bits per heavy atom. The predicted octanol–water partition coefficient (Wildman–Crippen LogP) is 2.25. The van der Waals surface area contributed by atoms with Crippen molar-refractivity contribution < 1.29 is 0 Å². The van der Waals surface area contributed by atoms with Gasteiger partial charge in [-0.1, -0.05) is 6.07 Å². The molecule has 0 saturated heterocycles. The molecule has 0 fully saturated rings. The summed E-state index contributed by atoms with van der Waals surface area (Å²) in [5.74, 6) is 0. The second-order valence-corrected chi connectivity index (χ2v) is 5.68. The Balaban J connectivity index is 2.06. The first-order valence-electron chi connectivity index (χ1n) is 6.48. The molecule has 6 heteroatoms. The number of aryl methyl sites for hydroxylation is 2. The monoisotopic (exact) mass is 287 g/mol. The standard InChI is InChI=1S/C14H17N5S/c1-10-8-13(18(3)17-10)20-14-11(9-15-2)19-7-5-4-6-12(19)16-14/h4-8,15H,9H2,1-3H3. The average Bonchev–Trinajstić information content (AvgIpc) is 2.92. The van der Waals surface area contributed by atoms with Crippen molar-refractivity contribution in [2.75, 3.05) is 7.05 Å². The zero-order valence-corrected chi connectivity index (χ0v) is 12.6. The van der Waals surface area contributed by atoms with Gasteiger partial charge in [0, 0.05) is 19.8 Å². The van der Waals surface area contributed by atoms with Gasteiger partial charge >= 0.3 is 0 Å². The molecule has 0 atom stereocenters. The summed E-state index contributed by atoms with van der Waals surface area (Å²) in [6.07, 6.45) is 2.05. The Hall–Kier alpha value is -1.79. The van der Waals surface area contributed by atoms with Crippen LogP contribution in [0.2, 0.25) is 0 Å². The maximum atomic E-state index is 4.72. The van der Waals surface area contributed by atoms with Gasteiger partial charge in [-0.15, -0.1) is 0 Å². The van der Waals surface area contributed by atoms with Crippen LogP contribution in [0.4, 0.5) is 0 Å². The molecule has 3 aromatic heterocycles. The van der Waals surface area contributed by atoms with Crippen molar-refractivity contribution in [2.45, 2.75) is 23.5 Å². The van der Waals surface area contributed by atoms with Crippen molar-refractivity contribution in [2.24, 2.45) is 7.05 Å². The lowest BCUT2D eigenvalue weighted by atomic mass is 10.4. The number of pyridine rings is 1. The summed E-state index contributed by atoms with van der Waals surface area (Å²) >= 11 is 1.66. The van der Waals surface area contributed by atoms with Crippen molar-refractivity contribution in [1.29, 1.82) is 0 Å². The number of nitrogens with one attached hydrogen (secondary N) is 1. The van der Waals surface area contributed by atoms with Crippen LogP contribution in [-0.2, 0) is 13.6 Å². The van der Waals surface area contributed by atoms with Gasteiger partial charge in [0.2, 0.25) is 0 Å². The molecular formula is C14H17N5S. The van der Waals surface area contributed by atoms with Crippen LogP contribution in [0.1, 0.15) is 11.4 Å². The topological polar surface area (TPSA) is 47.2 Å². The summed E-state index contributed by atoms with van der Waals surface area (Å²) in [7, 11) is 3.91. The molecule has 3 heterocycles. The highest BCUT2D eigenvalue weighted by molar-refractivity contribution is 7.99. The van der Waals surface area contributed by atoms with Gasteiger partial charge in [0.25, 0.3) is 0 Å². The number of imidazole rings is 1. The molecule has 3 aromatic rings. The zero-order chi connectivity index (χ0) is 14.1. The lowest BCUT2D eigenvalue weighted by molar-refractivity contribution is 0.691. The van der Waals surface area contributed by atoms with E-state index in [1.807, 2.05) is 50.1 Å². The van der Waals surface area contributed by atoms with Crippen LogP contribution in [0, 0.1) is 6.92 Å². The third-order valence-corrected chi connectivity index (χ3v) is 4.21. The fraction of sp³-hybridized carbons (Fsp3) is 0.286. The molecule has 1 N–H and O–H groups in total. The Labute approximate surface area is 122 Å². The smallest absolute Gasteiger partial charge is 0.138 e. The highest BCUT2D eigenvalue weighted by atomic mass is 32.2. The minimum atomic E-state index is 0.782. The summed E-state index contributed by atoms with van der Waals surface area (Å²) in [5, 5.41) is 9.72. The average molecular weight is 287 g/mol. The second-order valence-electron chi connectivity index (χ2n) is 4.67. The van der Waals surface area contributed by atoms with Gasteiger partial charge in [-0.25, -0.2) is 4.98 Å². The Morgan fingerprint density at radius 2 is 2.20 bits per heavy atom. The van der Waals surface area contributed by atoms with E-state index < -0.39 is 0 Å². The minimum absolute atomic E-state index is 0.782. The van der Waals surface area contributed by atoms with E-state index in [9.17, 15) is 0 Å². The SMILES string of the molecule is CNCc1c(Sc2cc(C)nn2C)nc2ccccn12. The van der Waals surface area contributed by atoms with E-state index in [0.717, 1.165) is 27.9 Å². The summed E-state index contributed by atoms with van der Waals surface area (Å²) in [6, 6.07) is 8.14. The molecule has 0 radical (unpaired) electrons. The molecule has 3 rings (SSSR count). The Bertz CT molecular complexity index is 743. The quantitative estimate of drug-likeness (QED) is 0.799. The van der Waals surface area contributed by atoms with Crippen LogP contribution < -0.4 is 5.32 Å². The number of hydrogen-bond acceptors (Lipinski definition) is 4. The van der Waals surface area contributed by atoms with Crippen LogP contribution >= 0.6 is 11.8 Å². The summed E-state index contributed by atoms with van der Waals surface area (Å²) < 4.78 is 4.02. The first-order chi connectivity index (χ1) is 9.69. The van der Waals surface area contributed by atoms with Gasteiger partial charge in [-0.2, -0.15) is 5.10 Å². The number of nitrogens with zero attached hydrogens (tertiary/aromatic N) is 4. The van der Waals surface area contributed by atoms with Gasteiger partial charge in [-0.3, -0.25) is 4.68 Å². The molecule has 0 aliphatic rings. The van der Waals surface area contributed by atoms with Gasteiger partial charge in [0.05, 0.1) is 11.4 Å². The third kappa shape index (κ3) is 2.32. The van der Waals surface area contributed by atoms with Crippen LogP contribution in [0.3, 0.4) is 0 Å². The number of rotatable bonds is 4. The molecule has 104 valence electrons. The molecule has 0 bridgehead atoms. The van der Waals surface area contributed by atoms with E-state index in [1.54, 1.807) is 11.8 Å². The van der Waals surface area contributed by atoms with Gasteiger partial charge in [0.1, 0.15) is 15.7 Å². The predicted molar refractivity (Wildman–Crippen MR) is 80.0 cm³/mol. The van der Waals surface area contributed by atoms with Crippen molar-refractivity contribution >= 4 is 17.4 Å². The molecule has 5 nitrogen and oxygen atoms in total. The summed E-state index contributed by atoms with van der Waals surface area (Å²) in [6.45, 7) is 2.78. The van der Waals surface area contributed by atoms with E-state index in [2.05, 4.69) is 20.9 Å². The highest BCUT2D eigenvalue weighted by Gasteiger charge is 2.14. The van der Waals surface area contributed by atoms with E-state index in [4.69, 9.17) is 4.98 Å². The largest absolute Gasteiger partial charge is 0.314 e. The Kier molecular flexibility index (Phi) is 3.50. The molecule has 0 aliphatic heterocycles. The molecule has 0 unspecified atom stereocenters. The van der Waals surface area contributed by atoms with Gasteiger partial charge in [-0.05, 0) is 43.9 Å². The highest BCUT2D eigenvalue weighted by Crippen LogP contribution is 2.30. The van der Waals surface area contributed by atoms with Crippen molar-refractivity contribution in [3.05, 3.63) is 41.9 Å². The van der Waals surface area contributed by atoms with E-state index in [1.165, 1.54) is 5.69 Å². The van der Waals surface area contributed by atoms with Crippen LogP contribution in [0.25, 0.3) is 5.65 Å². The number of fused-ring (bicyclic) bond motifs is 1. The maximum absolute atomic E-state index is 4.72. The minimum Gasteiger partial charge on any atom is -0.314 e. The number of hydrogen-bond donors (Lipinski definition) is 1. The molecular weight excluding hydrogens is 270 g/mol. The molecule has 0 aromatic carbocycles. The van der Waals surface area contributed by atoms with Gasteiger partial charge in [0.15, 0.2) is 0 Å². The summed E-state index contributed by atoms with van der Waals surface area (Å²) in [5.41, 5.74) is 3.17. The third-order valence-electron chi connectivity index (χ3n) is 3.10. The van der Waals surface area contributed by atoms with E-state index >= 15 is 0 Å². The molecule has 20 heavy (non-hydrogen) atoms. The van der Waals surface area contributed by atoms with Crippen LogP contribution in [-0.4, -0.2) is 26.2 Å². The fourth-order valence-electron chi connectivity index (χ4n) is 2.22. The number of aromatic nitrogens is 4. The normalized spacial score (nSPS) is 11.3. The Morgan fingerprint density at radius 1 is 1.35 bits per heavy atom. The zero-order valence-electron chi connectivity index (χ0n) is 11.8. The van der Waals surface area contributed by atoms with Crippen molar-refractivity contribution in [3.8, 4) is 0 Å². The van der Waals surface area contributed by atoms with Crippen molar-refractivity contribution in [1.82, 2.24) is 24.5 Å². The van der Waals surface area contributed by atoms with E-state index in [-0.39, 0.29) is 0 Å². The molecule has 0 spiro atoms. The maximum Gasteiger partial charge on any atom is 0.138 e. The van der Waals surface area contributed by atoms with Crippen LogP contribution in [0.5, 0.6) is 0 Å². The lowest BCUT2D eigenvalue weighted by Crippen LogP contribution is -2.08. The lowest BCUT2D eigenvalue weighted by Gasteiger charge is -2.04. The first kappa shape index (κ1) is 13.2. The second kappa shape index (κ2) is 5.30. The van der Waals surface area contributed by atoms with Crippen molar-refractivity contribution in [3.63, 3.8) is 0 Å². The van der Waals surface area contributed by atoms with Gasteiger partial charge < -0.3 is 9.72 Å². The molecule has 0 amide bonds. The summed E-state index contributed by atoms with van der Waals surface area (Å²) in [4.78, 5) is 4.72. The molecule has 0 saturated carbocycles. The first-order valence-corrected chi connectivity index (χ1v) is 7.29. The molecule has 0 aliphatic carbocycles. The van der Waals surface area contributed by atoms with Crippen LogP contribution in [0.15, 0.2) is 40.5 Å².